The largest absolute Gasteiger partial charge is 0.458 e. The molecule has 0 saturated heterocycles. The summed E-state index contributed by atoms with van der Waals surface area (Å²) in [6.45, 7) is 6.88. The number of alkyl halides is 4. The van der Waals surface area contributed by atoms with Crippen LogP contribution in [0.15, 0.2) is 70.5 Å². The van der Waals surface area contributed by atoms with Gasteiger partial charge in [-0.05, 0) is 54.8 Å². The molecule has 0 radical (unpaired) electrons. The summed E-state index contributed by atoms with van der Waals surface area (Å²) in [5.41, 5.74) is -1.21. The molecule has 15 heteroatoms. The van der Waals surface area contributed by atoms with E-state index in [1.54, 1.807) is 18.4 Å². The minimum absolute atomic E-state index is 0.0114. The summed E-state index contributed by atoms with van der Waals surface area (Å²) in [7, 11) is -1.86. The molecule has 1 unspecified atom stereocenters. The molecule has 0 aromatic heterocycles. The average molecular weight is 685 g/mol. The highest BCUT2D eigenvalue weighted by Gasteiger charge is 2.25. The third kappa shape index (κ3) is 8.83. The van der Waals surface area contributed by atoms with Crippen LogP contribution in [0.1, 0.15) is 40.7 Å². The molecule has 1 atom stereocenters. The zero-order valence-electron chi connectivity index (χ0n) is 24.0. The Morgan fingerprint density at radius 3 is 1.81 bits per heavy atom. The van der Waals surface area contributed by atoms with Gasteiger partial charge in [-0.15, -0.1) is 11.8 Å². The molecule has 0 aliphatic heterocycles. The number of benzene rings is 4. The van der Waals surface area contributed by atoms with E-state index in [9.17, 15) is 30.6 Å². The maximum absolute atomic E-state index is 13.4. The van der Waals surface area contributed by atoms with Crippen LogP contribution in [0.2, 0.25) is 0 Å². The lowest BCUT2D eigenvalue weighted by Gasteiger charge is -2.15. The number of ether oxygens (including phenoxy) is 2. The summed E-state index contributed by atoms with van der Waals surface area (Å²) in [6, 6.07) is 16.6. The Bertz CT molecular complexity index is 2010. The quantitative estimate of drug-likeness (QED) is 0.103. The molecule has 238 valence electrons. The second kappa shape index (κ2) is 16.2. The summed E-state index contributed by atoms with van der Waals surface area (Å²) in [5.74, 6) is -2.23. The summed E-state index contributed by atoms with van der Waals surface area (Å²) in [4.78, 5) is 2.84. The van der Waals surface area contributed by atoms with Gasteiger partial charge in [0, 0.05) is 23.3 Å². The highest BCUT2D eigenvalue weighted by Crippen LogP contribution is 2.41. The molecule has 0 amide bonds. The molecular weight excluding hydrogens is 666 g/mol. The van der Waals surface area contributed by atoms with Crippen LogP contribution < -0.4 is 9.47 Å². The van der Waals surface area contributed by atoms with Crippen LogP contribution in [0.3, 0.4) is 0 Å². The van der Waals surface area contributed by atoms with Gasteiger partial charge in [-0.1, -0.05) is 0 Å². The van der Waals surface area contributed by atoms with Gasteiger partial charge in [0.1, 0.15) is 46.8 Å². The van der Waals surface area contributed by atoms with Crippen LogP contribution in [0, 0.1) is 52.2 Å². The average Bonchev–Trinajstić information content (AvgIpc) is 3.03. The highest BCUT2D eigenvalue weighted by molar-refractivity contribution is 7.98. The van der Waals surface area contributed by atoms with E-state index in [2.05, 4.69) is 4.85 Å². The van der Waals surface area contributed by atoms with Crippen molar-refractivity contribution in [1.82, 2.24) is 0 Å². The van der Waals surface area contributed by atoms with Crippen LogP contribution in [0.25, 0.3) is 4.85 Å². The topological polar surface area (TPSA) is 111 Å². The first-order valence-electron chi connectivity index (χ1n) is 12.7. The molecule has 47 heavy (non-hydrogen) atoms. The zero-order chi connectivity index (χ0) is 34.8. The van der Waals surface area contributed by atoms with Crippen molar-refractivity contribution < 1.29 is 40.0 Å². The third-order valence-corrected chi connectivity index (χ3v) is 7.79. The van der Waals surface area contributed by atoms with E-state index >= 15 is 0 Å². The maximum atomic E-state index is 13.4. The van der Waals surface area contributed by atoms with E-state index in [-0.39, 0.29) is 55.2 Å². The number of rotatable bonds is 8. The van der Waals surface area contributed by atoms with Gasteiger partial charge in [0.25, 0.3) is 12.9 Å². The molecule has 4 rings (SSSR count). The van der Waals surface area contributed by atoms with Crippen molar-refractivity contribution in [3.63, 3.8) is 0 Å². The molecule has 4 aromatic carbocycles. The Kier molecular flexibility index (Phi) is 12.4. The number of hydrogen-bond donors (Lipinski definition) is 0. The van der Waals surface area contributed by atoms with Gasteiger partial charge in [0.05, 0.1) is 56.2 Å². The number of nitrogens with zero attached hydrogens (tertiary/aromatic N) is 4. The van der Waals surface area contributed by atoms with E-state index in [4.69, 9.17) is 31.8 Å². The van der Waals surface area contributed by atoms with Crippen LogP contribution in [-0.2, 0) is 10.8 Å². The maximum Gasteiger partial charge on any atom is 0.268 e. The van der Waals surface area contributed by atoms with Gasteiger partial charge in [0.2, 0.25) is 0 Å². The van der Waals surface area contributed by atoms with Crippen molar-refractivity contribution in [3.05, 3.63) is 112 Å². The fraction of sp³-hybridized carbons (Fsp3) is 0.125. The predicted molar refractivity (Wildman–Crippen MR) is 160 cm³/mol. The molecule has 0 fully saturated rings. The van der Waals surface area contributed by atoms with Crippen LogP contribution >= 0.6 is 11.8 Å². The van der Waals surface area contributed by atoms with Gasteiger partial charge in [-0.2, -0.15) is 15.8 Å². The Morgan fingerprint density at radius 1 is 0.787 bits per heavy atom. The molecule has 4 aromatic rings. The molecule has 0 saturated carbocycles. The number of halogens is 6. The fourth-order valence-electron chi connectivity index (χ4n) is 4.07. The first-order valence-corrected chi connectivity index (χ1v) is 15.5. The van der Waals surface area contributed by atoms with Crippen LogP contribution in [-0.4, -0.2) is 16.7 Å². The lowest BCUT2D eigenvalue weighted by molar-refractivity contribution is 0.144. The van der Waals surface area contributed by atoms with Crippen molar-refractivity contribution in [1.29, 1.82) is 15.8 Å². The van der Waals surface area contributed by atoms with Gasteiger partial charge >= 0.3 is 0 Å². The first-order chi connectivity index (χ1) is 22.4. The lowest BCUT2D eigenvalue weighted by Crippen LogP contribution is -2.03. The molecule has 0 heterocycles. The SMILES string of the molecule is CSc1c(C#N)ccc(Oc2cc(F)cc(C#N)c2)c1C(F)F.[C-]#[N+]c1cc(F)cc(Oc2ccc(C#N)c(S(C)=O)c2C(F)F)c1. The van der Waals surface area contributed by atoms with Crippen molar-refractivity contribution in [2.45, 2.75) is 22.6 Å². The zero-order valence-corrected chi connectivity index (χ0v) is 25.7. The van der Waals surface area contributed by atoms with Gasteiger partial charge in [-0.3, -0.25) is 4.21 Å². The molecule has 0 aliphatic carbocycles. The van der Waals surface area contributed by atoms with Crippen molar-refractivity contribution in [3.8, 4) is 41.2 Å². The van der Waals surface area contributed by atoms with Gasteiger partial charge in [0.15, 0.2) is 5.69 Å². The lowest BCUT2D eigenvalue weighted by atomic mass is 10.1. The molecule has 0 aliphatic rings. The standard InChI is InChI=1S/C16H9F3N2O2S.C16H9F3N2OS/c1-21-11-5-10(17)6-12(7-11)23-13-4-3-9(8-20)15(24(2)22)14(13)16(18)19;1-23-15-10(8-21)2-3-13(14(15)16(18)19)22-12-5-9(7-20)4-11(17)6-12/h3-7,16H,2H3;2-6,16H,1H3. The van der Waals surface area contributed by atoms with E-state index in [1.807, 2.05) is 6.07 Å². The van der Waals surface area contributed by atoms with Crippen molar-refractivity contribution in [2.24, 2.45) is 0 Å². The summed E-state index contributed by atoms with van der Waals surface area (Å²) >= 11 is 1.00. The van der Waals surface area contributed by atoms with E-state index < -0.39 is 46.4 Å². The molecular formula is C32H18F6N4O3S2. The number of nitriles is 3. The van der Waals surface area contributed by atoms with Gasteiger partial charge in [-0.25, -0.2) is 31.2 Å². The summed E-state index contributed by atoms with van der Waals surface area (Å²) < 4.78 is 103. The summed E-state index contributed by atoms with van der Waals surface area (Å²) in [5, 5.41) is 26.8. The van der Waals surface area contributed by atoms with Gasteiger partial charge < -0.3 is 9.47 Å². The molecule has 0 spiro atoms. The Hall–Kier alpha value is -5.48. The normalized spacial score (nSPS) is 10.9. The highest BCUT2D eigenvalue weighted by atomic mass is 32.2. The fourth-order valence-corrected chi connectivity index (χ4v) is 5.74. The smallest absolute Gasteiger partial charge is 0.268 e. The minimum Gasteiger partial charge on any atom is -0.458 e. The predicted octanol–water partition coefficient (Wildman–Crippen LogP) is 9.74. The van der Waals surface area contributed by atoms with E-state index in [0.29, 0.717) is 0 Å². The van der Waals surface area contributed by atoms with E-state index in [1.165, 1.54) is 36.6 Å². The Morgan fingerprint density at radius 2 is 1.32 bits per heavy atom. The van der Waals surface area contributed by atoms with Crippen LogP contribution in [0.4, 0.5) is 32.0 Å². The summed E-state index contributed by atoms with van der Waals surface area (Å²) in [6.07, 6.45) is -3.18. The Balaban J connectivity index is 0.000000256. The second-order valence-corrected chi connectivity index (χ2v) is 11.1. The van der Waals surface area contributed by atoms with E-state index in [0.717, 1.165) is 42.1 Å². The minimum atomic E-state index is -3.05. The number of thioether (sulfide) groups is 1. The molecule has 0 N–H and O–H groups in total. The monoisotopic (exact) mass is 684 g/mol. The molecule has 7 nitrogen and oxygen atoms in total. The van der Waals surface area contributed by atoms with Crippen molar-refractivity contribution in [2.75, 3.05) is 12.5 Å². The molecule has 0 bridgehead atoms. The number of hydrogen-bond acceptors (Lipinski definition) is 7. The van der Waals surface area contributed by atoms with Crippen LogP contribution in [0.5, 0.6) is 23.0 Å². The Labute approximate surface area is 271 Å². The second-order valence-electron chi connectivity index (χ2n) is 8.94. The van der Waals surface area contributed by atoms with Crippen molar-refractivity contribution >= 4 is 28.2 Å². The third-order valence-electron chi connectivity index (χ3n) is 5.92. The first kappa shape index (κ1) is 36.0.